The van der Waals surface area contributed by atoms with Crippen LogP contribution in [-0.2, 0) is 4.74 Å². The van der Waals surface area contributed by atoms with Gasteiger partial charge < -0.3 is 45.2 Å². The Kier molecular flexibility index (Phi) is 5.31. The lowest BCUT2D eigenvalue weighted by Crippen LogP contribution is -2.60. The second-order valence-electron chi connectivity index (χ2n) is 7.65. The van der Waals surface area contributed by atoms with Gasteiger partial charge in [-0.25, -0.2) is 0 Å². The van der Waals surface area contributed by atoms with Crippen LogP contribution in [0.15, 0.2) is 18.2 Å². The number of rotatable bonds is 3. The van der Waals surface area contributed by atoms with E-state index < -0.39 is 77.3 Å². The highest BCUT2D eigenvalue weighted by atomic mass is 16.7. The van der Waals surface area contributed by atoms with E-state index in [4.69, 9.17) is 9.47 Å². The van der Waals surface area contributed by atoms with E-state index in [0.29, 0.717) is 0 Å². The van der Waals surface area contributed by atoms with Gasteiger partial charge in [0.15, 0.2) is 17.3 Å². The van der Waals surface area contributed by atoms with Crippen LogP contribution in [0.5, 0.6) is 23.0 Å². The highest BCUT2D eigenvalue weighted by Crippen LogP contribution is 2.44. The third kappa shape index (κ3) is 3.18. The Morgan fingerprint density at radius 3 is 2.22 bits per heavy atom. The standard InChI is InChI=1S/C21H20O11/c1-6-2-8-13(16(27)12-9(14(8)25)3-7(23)4-10(12)24)17(28)20(6)32-21-19(30)18(29)15(26)11(5-22)31-21/h2-4,11,15,18-19,21-24,26,28-30H,5H2,1H3/t11-,15-,18+,19-,21+/m1/s1. The van der Waals surface area contributed by atoms with Crippen molar-refractivity contribution in [2.24, 2.45) is 0 Å². The van der Waals surface area contributed by atoms with Crippen LogP contribution in [0.2, 0.25) is 0 Å². The summed E-state index contributed by atoms with van der Waals surface area (Å²) in [6.07, 6.45) is -8.03. The van der Waals surface area contributed by atoms with Crippen molar-refractivity contribution in [3.8, 4) is 23.0 Å². The van der Waals surface area contributed by atoms with Gasteiger partial charge in [-0.05, 0) is 24.6 Å². The zero-order chi connectivity index (χ0) is 23.5. The minimum atomic E-state index is -1.77. The summed E-state index contributed by atoms with van der Waals surface area (Å²) in [5.41, 5.74) is -1.14. The quantitative estimate of drug-likeness (QED) is 0.261. The summed E-state index contributed by atoms with van der Waals surface area (Å²) in [6.45, 7) is 0.738. The fraction of sp³-hybridized carbons (Fsp3) is 0.333. The van der Waals surface area contributed by atoms with E-state index >= 15 is 0 Å². The first kappa shape index (κ1) is 22.0. The van der Waals surface area contributed by atoms with Crippen LogP contribution in [0.3, 0.4) is 0 Å². The lowest BCUT2D eigenvalue weighted by molar-refractivity contribution is -0.277. The van der Waals surface area contributed by atoms with Gasteiger partial charge in [0.1, 0.15) is 35.9 Å². The molecule has 32 heavy (non-hydrogen) atoms. The molecule has 0 amide bonds. The number of hydrogen-bond donors (Lipinski definition) is 7. The number of ketones is 2. The van der Waals surface area contributed by atoms with E-state index in [-0.39, 0.29) is 22.4 Å². The van der Waals surface area contributed by atoms with Crippen LogP contribution in [0, 0.1) is 6.92 Å². The molecule has 0 saturated carbocycles. The molecule has 0 radical (unpaired) electrons. The van der Waals surface area contributed by atoms with Gasteiger partial charge in [0, 0.05) is 17.2 Å². The number of hydrogen-bond acceptors (Lipinski definition) is 11. The molecule has 11 heteroatoms. The van der Waals surface area contributed by atoms with Gasteiger partial charge in [0.25, 0.3) is 0 Å². The molecule has 2 aromatic rings. The van der Waals surface area contributed by atoms with Crippen molar-refractivity contribution >= 4 is 11.6 Å². The van der Waals surface area contributed by atoms with Gasteiger partial charge in [0.2, 0.25) is 12.1 Å². The smallest absolute Gasteiger partial charge is 0.229 e. The number of carbonyl (C=O) groups is 2. The SMILES string of the molecule is Cc1cc2c(c(O)c1O[C@@H]1O[C@H](CO)[C@@H](O)[C@H](O)[C@H]1O)C(=O)c1c(O)cc(O)cc1C2=O. The van der Waals surface area contributed by atoms with Gasteiger partial charge in [-0.3, -0.25) is 9.59 Å². The number of aryl methyl sites for hydroxylation is 1. The molecule has 0 spiro atoms. The summed E-state index contributed by atoms with van der Waals surface area (Å²) >= 11 is 0. The van der Waals surface area contributed by atoms with Crippen LogP contribution in [0.4, 0.5) is 0 Å². The van der Waals surface area contributed by atoms with Crippen molar-refractivity contribution in [2.75, 3.05) is 6.61 Å². The molecule has 5 atom stereocenters. The second-order valence-corrected chi connectivity index (χ2v) is 7.65. The topological polar surface area (TPSA) is 194 Å². The summed E-state index contributed by atoms with van der Waals surface area (Å²) in [5.74, 6) is -3.82. The molecular formula is C21H20O11. The Hall–Kier alpha value is -3.22. The van der Waals surface area contributed by atoms with Crippen molar-refractivity contribution in [3.05, 3.63) is 46.0 Å². The molecule has 0 aromatic heterocycles. The average molecular weight is 448 g/mol. The number of phenolic OH excluding ortho intramolecular Hbond substituents is 3. The molecule has 1 heterocycles. The lowest BCUT2D eigenvalue weighted by atomic mass is 9.82. The molecule has 4 rings (SSSR count). The molecule has 1 aliphatic carbocycles. The summed E-state index contributed by atoms with van der Waals surface area (Å²) < 4.78 is 10.8. The lowest BCUT2D eigenvalue weighted by Gasteiger charge is -2.39. The molecule has 2 aromatic carbocycles. The molecule has 1 aliphatic heterocycles. The third-order valence-electron chi connectivity index (χ3n) is 5.57. The first-order valence-corrected chi connectivity index (χ1v) is 9.55. The Labute approximate surface area is 180 Å². The molecule has 11 nitrogen and oxygen atoms in total. The van der Waals surface area contributed by atoms with E-state index in [2.05, 4.69) is 0 Å². The van der Waals surface area contributed by atoms with E-state index in [1.807, 2.05) is 0 Å². The summed E-state index contributed by atoms with van der Waals surface area (Å²) in [4.78, 5) is 25.9. The van der Waals surface area contributed by atoms with Gasteiger partial charge in [-0.2, -0.15) is 0 Å². The third-order valence-corrected chi connectivity index (χ3v) is 5.57. The predicted molar refractivity (Wildman–Crippen MR) is 104 cm³/mol. The number of fused-ring (bicyclic) bond motifs is 2. The van der Waals surface area contributed by atoms with E-state index in [0.717, 1.165) is 12.1 Å². The number of benzene rings is 2. The van der Waals surface area contributed by atoms with Crippen molar-refractivity contribution < 1.29 is 54.8 Å². The van der Waals surface area contributed by atoms with Crippen LogP contribution >= 0.6 is 0 Å². The van der Waals surface area contributed by atoms with Crippen molar-refractivity contribution in [2.45, 2.75) is 37.6 Å². The summed E-state index contributed by atoms with van der Waals surface area (Å²) in [6, 6.07) is 3.16. The van der Waals surface area contributed by atoms with Gasteiger partial charge >= 0.3 is 0 Å². The zero-order valence-electron chi connectivity index (χ0n) is 16.6. The van der Waals surface area contributed by atoms with Crippen molar-refractivity contribution in [3.63, 3.8) is 0 Å². The largest absolute Gasteiger partial charge is 0.508 e. The number of aliphatic hydroxyl groups excluding tert-OH is 4. The first-order chi connectivity index (χ1) is 15.1. The number of phenols is 3. The monoisotopic (exact) mass is 448 g/mol. The Balaban J connectivity index is 1.78. The van der Waals surface area contributed by atoms with Crippen molar-refractivity contribution in [1.82, 2.24) is 0 Å². The van der Waals surface area contributed by atoms with E-state index in [1.54, 1.807) is 0 Å². The maximum Gasteiger partial charge on any atom is 0.229 e. The molecule has 1 fully saturated rings. The normalized spacial score (nSPS) is 27.1. The van der Waals surface area contributed by atoms with Crippen molar-refractivity contribution in [1.29, 1.82) is 0 Å². The Bertz CT molecular complexity index is 1120. The second kappa shape index (κ2) is 7.73. The van der Waals surface area contributed by atoms with Crippen LogP contribution < -0.4 is 4.74 Å². The number of ether oxygens (including phenoxy) is 2. The summed E-state index contributed by atoms with van der Waals surface area (Å²) in [5, 5.41) is 69.9. The zero-order valence-corrected chi connectivity index (χ0v) is 16.6. The van der Waals surface area contributed by atoms with E-state index in [1.165, 1.54) is 13.0 Å². The molecule has 1 saturated heterocycles. The van der Waals surface area contributed by atoms with Crippen LogP contribution in [-0.4, -0.2) is 84.6 Å². The Morgan fingerprint density at radius 2 is 1.56 bits per heavy atom. The predicted octanol–water partition coefficient (Wildman–Crippen LogP) is -0.934. The van der Waals surface area contributed by atoms with Crippen LogP contribution in [0.1, 0.15) is 37.4 Å². The fourth-order valence-corrected chi connectivity index (χ4v) is 3.92. The molecule has 7 N–H and O–H groups in total. The highest BCUT2D eigenvalue weighted by Gasteiger charge is 2.45. The maximum absolute atomic E-state index is 13.0. The molecule has 170 valence electrons. The van der Waals surface area contributed by atoms with Gasteiger partial charge in [0.05, 0.1) is 17.7 Å². The fourth-order valence-electron chi connectivity index (χ4n) is 3.92. The Morgan fingerprint density at radius 1 is 0.906 bits per heavy atom. The average Bonchev–Trinajstić information content (AvgIpc) is 2.73. The molecule has 2 aliphatic rings. The molecule has 0 unspecified atom stereocenters. The highest BCUT2D eigenvalue weighted by molar-refractivity contribution is 6.30. The number of carbonyl (C=O) groups excluding carboxylic acids is 2. The summed E-state index contributed by atoms with van der Waals surface area (Å²) in [7, 11) is 0. The van der Waals surface area contributed by atoms with E-state index in [9.17, 15) is 45.3 Å². The number of aliphatic hydroxyl groups is 4. The van der Waals surface area contributed by atoms with Gasteiger partial charge in [-0.15, -0.1) is 0 Å². The van der Waals surface area contributed by atoms with Crippen LogP contribution in [0.25, 0.3) is 0 Å². The van der Waals surface area contributed by atoms with Gasteiger partial charge in [-0.1, -0.05) is 0 Å². The maximum atomic E-state index is 13.0. The molecular weight excluding hydrogens is 428 g/mol. The number of aromatic hydroxyl groups is 3. The minimum absolute atomic E-state index is 0.159. The minimum Gasteiger partial charge on any atom is -0.508 e. The molecule has 0 bridgehead atoms. The first-order valence-electron chi connectivity index (χ1n) is 9.55.